The summed E-state index contributed by atoms with van der Waals surface area (Å²) >= 11 is 0. The smallest absolute Gasteiger partial charge is 0.298 e. The molecule has 0 N–H and O–H groups in total. The Hall–Kier alpha value is -1.09. The molecule has 0 heterocycles. The van der Waals surface area contributed by atoms with Gasteiger partial charge in [0.25, 0.3) is 5.97 Å². The van der Waals surface area contributed by atoms with E-state index < -0.39 is 13.7 Å². The Balaban J connectivity index is 2.82. The van der Waals surface area contributed by atoms with Gasteiger partial charge < -0.3 is 4.43 Å². The Kier molecular flexibility index (Phi) is 5.57. The van der Waals surface area contributed by atoms with Gasteiger partial charge in [-0.15, -0.1) is 0 Å². The monoisotopic (exact) mass is 292 g/mol. The Morgan fingerprint density at radius 2 is 1.80 bits per heavy atom. The molecule has 0 aliphatic heterocycles. The molecule has 0 saturated heterocycles. The third-order valence-electron chi connectivity index (χ3n) is 3.80. The normalized spacial score (nSPS) is 16.3. The first-order valence-electron chi connectivity index (χ1n) is 7.46. The third-order valence-corrected chi connectivity index (χ3v) is 4.60. The van der Waals surface area contributed by atoms with Crippen LogP contribution in [0.15, 0.2) is 30.3 Å². The number of benzene rings is 1. The lowest BCUT2D eigenvalue weighted by molar-refractivity contribution is -0.146. The van der Waals surface area contributed by atoms with Crippen LogP contribution in [-0.2, 0) is 9.22 Å². The molecule has 0 fully saturated rings. The van der Waals surface area contributed by atoms with E-state index in [1.165, 1.54) is 5.56 Å². The Bertz CT molecular complexity index is 436. The standard InChI is InChI=1S/C17H28O2Si/c1-7-17(3,16(18)19-20(4,5)6)13-14(2)15-11-9-8-10-12-15/h8-12,14H,7,13H2,1-6H3. The fraction of sp³-hybridized carbons (Fsp3) is 0.588. The zero-order chi connectivity index (χ0) is 15.4. The van der Waals surface area contributed by atoms with Gasteiger partial charge in [0.15, 0.2) is 0 Å². The molecule has 0 bridgehead atoms. The van der Waals surface area contributed by atoms with Gasteiger partial charge in [0.1, 0.15) is 0 Å². The highest BCUT2D eigenvalue weighted by atomic mass is 28.4. The second-order valence-electron chi connectivity index (χ2n) is 6.93. The molecule has 2 unspecified atom stereocenters. The average molecular weight is 292 g/mol. The van der Waals surface area contributed by atoms with Crippen molar-refractivity contribution in [2.75, 3.05) is 0 Å². The summed E-state index contributed by atoms with van der Waals surface area (Å²) in [6.45, 7) is 12.5. The van der Waals surface area contributed by atoms with E-state index in [0.29, 0.717) is 5.92 Å². The second kappa shape index (κ2) is 6.57. The molecule has 3 heteroatoms. The zero-order valence-corrected chi connectivity index (χ0v) is 14.7. The van der Waals surface area contributed by atoms with E-state index in [2.05, 4.69) is 57.8 Å². The molecule has 0 aliphatic carbocycles. The molecule has 0 spiro atoms. The van der Waals surface area contributed by atoms with Crippen molar-refractivity contribution in [1.29, 1.82) is 0 Å². The van der Waals surface area contributed by atoms with Gasteiger partial charge in [0.05, 0.1) is 5.41 Å². The first kappa shape index (κ1) is 17.0. The van der Waals surface area contributed by atoms with Gasteiger partial charge >= 0.3 is 0 Å². The van der Waals surface area contributed by atoms with Crippen LogP contribution in [0.4, 0.5) is 0 Å². The van der Waals surface area contributed by atoms with Crippen molar-refractivity contribution in [3.63, 3.8) is 0 Å². The molecule has 0 amide bonds. The van der Waals surface area contributed by atoms with Crippen LogP contribution in [0, 0.1) is 5.41 Å². The van der Waals surface area contributed by atoms with E-state index in [-0.39, 0.29) is 5.97 Å². The SMILES string of the molecule is CCC(C)(CC(C)c1ccccc1)C(=O)O[Si](C)(C)C. The maximum absolute atomic E-state index is 12.5. The molecule has 0 aliphatic rings. The average Bonchev–Trinajstić information content (AvgIpc) is 2.37. The van der Waals surface area contributed by atoms with Gasteiger partial charge in [-0.3, -0.25) is 4.79 Å². The van der Waals surface area contributed by atoms with Crippen LogP contribution in [0.5, 0.6) is 0 Å². The maximum atomic E-state index is 12.5. The first-order valence-corrected chi connectivity index (χ1v) is 10.9. The van der Waals surface area contributed by atoms with E-state index in [0.717, 1.165) is 12.8 Å². The predicted octanol–water partition coefficient (Wildman–Crippen LogP) is 4.97. The Morgan fingerprint density at radius 3 is 2.25 bits per heavy atom. The molecule has 1 aromatic carbocycles. The number of rotatable bonds is 6. The minimum atomic E-state index is -1.83. The Morgan fingerprint density at radius 1 is 1.25 bits per heavy atom. The van der Waals surface area contributed by atoms with Gasteiger partial charge in [0, 0.05) is 0 Å². The first-order chi connectivity index (χ1) is 9.18. The van der Waals surface area contributed by atoms with E-state index in [4.69, 9.17) is 4.43 Å². The van der Waals surface area contributed by atoms with Crippen LogP contribution in [0.3, 0.4) is 0 Å². The van der Waals surface area contributed by atoms with E-state index >= 15 is 0 Å². The van der Waals surface area contributed by atoms with E-state index in [1.54, 1.807) is 0 Å². The van der Waals surface area contributed by atoms with Crippen molar-refractivity contribution < 1.29 is 9.22 Å². The summed E-state index contributed by atoms with van der Waals surface area (Å²) < 4.78 is 5.73. The van der Waals surface area contributed by atoms with Crippen molar-refractivity contribution in [2.24, 2.45) is 5.41 Å². The lowest BCUT2D eigenvalue weighted by Gasteiger charge is -2.32. The highest BCUT2D eigenvalue weighted by Gasteiger charge is 2.37. The van der Waals surface area contributed by atoms with Crippen LogP contribution in [0.2, 0.25) is 19.6 Å². The fourth-order valence-corrected chi connectivity index (χ4v) is 3.15. The topological polar surface area (TPSA) is 26.3 Å². The molecule has 0 saturated carbocycles. The fourth-order valence-electron chi connectivity index (χ4n) is 2.35. The quantitative estimate of drug-likeness (QED) is 0.692. The number of carbonyl (C=O) groups is 1. The number of carbonyl (C=O) groups excluding carboxylic acids is 1. The molecule has 1 rings (SSSR count). The molecule has 2 atom stereocenters. The minimum Gasteiger partial charge on any atom is -0.519 e. The molecular formula is C17H28O2Si. The summed E-state index contributed by atoms with van der Waals surface area (Å²) in [7, 11) is -1.83. The van der Waals surface area contributed by atoms with E-state index in [1.807, 2.05) is 13.0 Å². The summed E-state index contributed by atoms with van der Waals surface area (Å²) in [6, 6.07) is 10.4. The van der Waals surface area contributed by atoms with Crippen molar-refractivity contribution >= 4 is 14.3 Å². The summed E-state index contributed by atoms with van der Waals surface area (Å²) in [5.74, 6) is 0.331. The highest BCUT2D eigenvalue weighted by Crippen LogP contribution is 2.36. The van der Waals surface area contributed by atoms with Crippen molar-refractivity contribution in [3.05, 3.63) is 35.9 Å². The second-order valence-corrected chi connectivity index (χ2v) is 11.4. The molecule has 2 nitrogen and oxygen atoms in total. The molecule has 0 radical (unpaired) electrons. The van der Waals surface area contributed by atoms with Crippen LogP contribution >= 0.6 is 0 Å². The number of hydrogen-bond acceptors (Lipinski definition) is 2. The van der Waals surface area contributed by atoms with Gasteiger partial charge in [0.2, 0.25) is 8.32 Å². The van der Waals surface area contributed by atoms with Crippen LogP contribution in [-0.4, -0.2) is 14.3 Å². The number of hydrogen-bond donors (Lipinski definition) is 0. The molecule has 20 heavy (non-hydrogen) atoms. The third kappa shape index (κ3) is 4.78. The van der Waals surface area contributed by atoms with Gasteiger partial charge in [-0.1, -0.05) is 44.2 Å². The van der Waals surface area contributed by atoms with Gasteiger partial charge in [-0.25, -0.2) is 0 Å². The lowest BCUT2D eigenvalue weighted by Crippen LogP contribution is -2.38. The summed E-state index contributed by atoms with van der Waals surface area (Å²) in [6.07, 6.45) is 1.64. The predicted molar refractivity (Wildman–Crippen MR) is 87.3 cm³/mol. The summed E-state index contributed by atoms with van der Waals surface area (Å²) in [5, 5.41) is 0. The van der Waals surface area contributed by atoms with Crippen LogP contribution in [0.1, 0.15) is 45.1 Å². The Labute approximate surface area is 124 Å². The van der Waals surface area contributed by atoms with Gasteiger partial charge in [-0.2, -0.15) is 0 Å². The summed E-state index contributed by atoms with van der Waals surface area (Å²) in [5.41, 5.74) is 0.892. The highest BCUT2D eigenvalue weighted by molar-refractivity contribution is 6.71. The summed E-state index contributed by atoms with van der Waals surface area (Å²) in [4.78, 5) is 12.5. The van der Waals surface area contributed by atoms with Gasteiger partial charge in [-0.05, 0) is 50.9 Å². The minimum absolute atomic E-state index is 0.0260. The molecule has 0 aromatic heterocycles. The van der Waals surface area contributed by atoms with Crippen molar-refractivity contribution in [2.45, 2.75) is 59.2 Å². The van der Waals surface area contributed by atoms with E-state index in [9.17, 15) is 4.79 Å². The zero-order valence-electron chi connectivity index (χ0n) is 13.7. The molecular weight excluding hydrogens is 264 g/mol. The van der Waals surface area contributed by atoms with Crippen LogP contribution in [0.25, 0.3) is 0 Å². The largest absolute Gasteiger partial charge is 0.519 e. The molecule has 1 aromatic rings. The van der Waals surface area contributed by atoms with Crippen molar-refractivity contribution in [1.82, 2.24) is 0 Å². The molecule has 112 valence electrons. The van der Waals surface area contributed by atoms with Crippen LogP contribution < -0.4 is 0 Å². The maximum Gasteiger partial charge on any atom is 0.298 e. The van der Waals surface area contributed by atoms with Crippen molar-refractivity contribution in [3.8, 4) is 0 Å². The lowest BCUT2D eigenvalue weighted by atomic mass is 9.77.